The van der Waals surface area contributed by atoms with E-state index >= 15 is 0 Å². The number of hydrogen-bond donors (Lipinski definition) is 1. The summed E-state index contributed by atoms with van der Waals surface area (Å²) in [6.07, 6.45) is 1.63. The van der Waals surface area contributed by atoms with Crippen molar-refractivity contribution in [3.8, 4) is 0 Å². The number of aliphatic hydroxyl groups is 1. The Bertz CT molecular complexity index is 387. The topological polar surface area (TPSA) is 29.5 Å². The van der Waals surface area contributed by atoms with Crippen LogP contribution in [-0.4, -0.2) is 23.9 Å². The average Bonchev–Trinajstić information content (AvgIpc) is 2.70. The predicted octanol–water partition coefficient (Wildman–Crippen LogP) is 2.63. The molecule has 1 heterocycles. The third kappa shape index (κ3) is 2.88. The largest absolute Gasteiger partial charge is 0.392 e. The Hall–Kier alpha value is -0.860. The van der Waals surface area contributed by atoms with E-state index in [0.717, 1.165) is 19.4 Å². The van der Waals surface area contributed by atoms with Crippen LogP contribution in [0.1, 0.15) is 30.0 Å². The minimum atomic E-state index is -0.284. The van der Waals surface area contributed by atoms with Crippen molar-refractivity contribution in [3.63, 3.8) is 0 Å². The van der Waals surface area contributed by atoms with Crippen molar-refractivity contribution < 1.29 is 9.84 Å². The molecule has 1 aliphatic rings. The molecule has 0 aliphatic carbocycles. The van der Waals surface area contributed by atoms with Crippen molar-refractivity contribution >= 4 is 0 Å². The molecule has 0 saturated carbocycles. The summed E-state index contributed by atoms with van der Waals surface area (Å²) < 4.78 is 5.52. The van der Waals surface area contributed by atoms with E-state index in [2.05, 4.69) is 39.0 Å². The maximum absolute atomic E-state index is 10.3. The van der Waals surface area contributed by atoms with Crippen LogP contribution in [0.4, 0.5) is 0 Å². The van der Waals surface area contributed by atoms with Gasteiger partial charge in [0.2, 0.25) is 0 Å². The Kier molecular flexibility index (Phi) is 3.85. The summed E-state index contributed by atoms with van der Waals surface area (Å²) in [5.41, 5.74) is 3.78. The van der Waals surface area contributed by atoms with Crippen LogP contribution in [0, 0.1) is 19.8 Å². The Balaban J connectivity index is 2.07. The van der Waals surface area contributed by atoms with Gasteiger partial charge in [0.25, 0.3) is 0 Å². The van der Waals surface area contributed by atoms with Gasteiger partial charge in [-0.05, 0) is 44.7 Å². The number of rotatable bonds is 3. The van der Waals surface area contributed by atoms with Crippen LogP contribution >= 0.6 is 0 Å². The first-order valence-electron chi connectivity index (χ1n) is 6.43. The fourth-order valence-electron chi connectivity index (χ4n) is 2.65. The van der Waals surface area contributed by atoms with Gasteiger partial charge in [0.15, 0.2) is 0 Å². The zero-order valence-electron chi connectivity index (χ0n) is 10.9. The summed E-state index contributed by atoms with van der Waals surface area (Å²) in [5, 5.41) is 10.3. The Morgan fingerprint density at radius 1 is 1.41 bits per heavy atom. The SMILES string of the molecule is Cc1ccc(C)c(CC(O)C2CCOC2C)c1. The first kappa shape index (κ1) is 12.6. The molecule has 1 fully saturated rings. The lowest BCUT2D eigenvalue weighted by atomic mass is 9.89. The molecule has 1 aromatic carbocycles. The van der Waals surface area contributed by atoms with Gasteiger partial charge >= 0.3 is 0 Å². The summed E-state index contributed by atoms with van der Waals surface area (Å²) in [4.78, 5) is 0. The number of hydrogen-bond acceptors (Lipinski definition) is 2. The van der Waals surface area contributed by atoms with Crippen LogP contribution in [0.5, 0.6) is 0 Å². The van der Waals surface area contributed by atoms with Gasteiger partial charge in [-0.2, -0.15) is 0 Å². The normalized spacial score (nSPS) is 26.1. The van der Waals surface area contributed by atoms with E-state index < -0.39 is 0 Å². The quantitative estimate of drug-likeness (QED) is 0.871. The first-order valence-corrected chi connectivity index (χ1v) is 6.43. The van der Waals surface area contributed by atoms with Crippen molar-refractivity contribution in [2.45, 2.75) is 45.8 Å². The molecule has 0 spiro atoms. The molecule has 2 nitrogen and oxygen atoms in total. The second-order valence-electron chi connectivity index (χ2n) is 5.23. The molecule has 3 atom stereocenters. The third-order valence-electron chi connectivity index (χ3n) is 3.86. The van der Waals surface area contributed by atoms with Crippen molar-refractivity contribution in [3.05, 3.63) is 34.9 Å². The third-order valence-corrected chi connectivity index (χ3v) is 3.86. The fourth-order valence-corrected chi connectivity index (χ4v) is 2.65. The summed E-state index contributed by atoms with van der Waals surface area (Å²) in [6.45, 7) is 7.05. The molecular weight excluding hydrogens is 212 g/mol. The van der Waals surface area contributed by atoms with Gasteiger partial charge in [0.1, 0.15) is 0 Å². The van der Waals surface area contributed by atoms with Gasteiger partial charge in [-0.1, -0.05) is 23.8 Å². The molecule has 2 heteroatoms. The minimum Gasteiger partial charge on any atom is -0.392 e. The Morgan fingerprint density at radius 3 is 2.82 bits per heavy atom. The van der Waals surface area contributed by atoms with Gasteiger partial charge in [-0.25, -0.2) is 0 Å². The van der Waals surface area contributed by atoms with E-state index in [4.69, 9.17) is 4.74 Å². The highest BCUT2D eigenvalue weighted by atomic mass is 16.5. The lowest BCUT2D eigenvalue weighted by Gasteiger charge is -2.21. The zero-order chi connectivity index (χ0) is 12.4. The van der Waals surface area contributed by atoms with Crippen molar-refractivity contribution in [2.75, 3.05) is 6.61 Å². The van der Waals surface area contributed by atoms with Crippen LogP contribution in [0.25, 0.3) is 0 Å². The van der Waals surface area contributed by atoms with Gasteiger partial charge in [0.05, 0.1) is 12.2 Å². The highest BCUT2D eigenvalue weighted by Crippen LogP contribution is 2.26. The predicted molar refractivity (Wildman–Crippen MR) is 69.1 cm³/mol. The summed E-state index contributed by atoms with van der Waals surface area (Å²) >= 11 is 0. The van der Waals surface area contributed by atoms with Crippen LogP contribution in [0.3, 0.4) is 0 Å². The molecule has 0 amide bonds. The number of ether oxygens (including phenoxy) is 1. The molecule has 17 heavy (non-hydrogen) atoms. The fraction of sp³-hybridized carbons (Fsp3) is 0.600. The average molecular weight is 234 g/mol. The molecule has 2 rings (SSSR count). The lowest BCUT2D eigenvalue weighted by Crippen LogP contribution is -2.28. The molecule has 0 radical (unpaired) electrons. The van der Waals surface area contributed by atoms with Crippen LogP contribution in [0.15, 0.2) is 18.2 Å². The van der Waals surface area contributed by atoms with E-state index in [1.54, 1.807) is 0 Å². The van der Waals surface area contributed by atoms with Gasteiger partial charge in [0, 0.05) is 12.5 Å². The number of aryl methyl sites for hydroxylation is 2. The zero-order valence-corrected chi connectivity index (χ0v) is 10.9. The lowest BCUT2D eigenvalue weighted by molar-refractivity contribution is 0.0440. The molecule has 1 saturated heterocycles. The Morgan fingerprint density at radius 2 is 2.18 bits per heavy atom. The van der Waals surface area contributed by atoms with E-state index in [-0.39, 0.29) is 18.1 Å². The summed E-state index contributed by atoms with van der Waals surface area (Å²) in [6, 6.07) is 6.43. The molecule has 1 aromatic rings. The second-order valence-corrected chi connectivity index (χ2v) is 5.23. The van der Waals surface area contributed by atoms with Crippen molar-refractivity contribution in [1.29, 1.82) is 0 Å². The van der Waals surface area contributed by atoms with Crippen molar-refractivity contribution in [1.82, 2.24) is 0 Å². The van der Waals surface area contributed by atoms with Gasteiger partial charge in [-0.3, -0.25) is 0 Å². The summed E-state index contributed by atoms with van der Waals surface area (Å²) in [5.74, 6) is 0.287. The summed E-state index contributed by atoms with van der Waals surface area (Å²) in [7, 11) is 0. The molecule has 3 unspecified atom stereocenters. The second kappa shape index (κ2) is 5.19. The smallest absolute Gasteiger partial charge is 0.0634 e. The van der Waals surface area contributed by atoms with Gasteiger partial charge in [-0.15, -0.1) is 0 Å². The standard InChI is InChI=1S/C15H22O2/c1-10-4-5-11(2)13(8-10)9-15(16)14-6-7-17-12(14)3/h4-5,8,12,14-16H,6-7,9H2,1-3H3. The van der Waals surface area contributed by atoms with E-state index in [1.807, 2.05) is 0 Å². The number of aliphatic hydroxyl groups excluding tert-OH is 1. The van der Waals surface area contributed by atoms with E-state index in [9.17, 15) is 5.11 Å². The molecule has 0 aromatic heterocycles. The molecular formula is C15H22O2. The van der Waals surface area contributed by atoms with E-state index in [1.165, 1.54) is 16.7 Å². The Labute approximate surface area is 104 Å². The van der Waals surface area contributed by atoms with E-state index in [0.29, 0.717) is 0 Å². The highest BCUT2D eigenvalue weighted by molar-refractivity contribution is 5.31. The molecule has 0 bridgehead atoms. The van der Waals surface area contributed by atoms with Crippen LogP contribution in [0.2, 0.25) is 0 Å². The van der Waals surface area contributed by atoms with Crippen molar-refractivity contribution in [2.24, 2.45) is 5.92 Å². The maximum Gasteiger partial charge on any atom is 0.0634 e. The van der Waals surface area contributed by atoms with Crippen LogP contribution < -0.4 is 0 Å². The monoisotopic (exact) mass is 234 g/mol. The molecule has 1 aliphatic heterocycles. The maximum atomic E-state index is 10.3. The molecule has 1 N–H and O–H groups in total. The van der Waals surface area contributed by atoms with Crippen LogP contribution in [-0.2, 0) is 11.2 Å². The highest BCUT2D eigenvalue weighted by Gasteiger charge is 2.30. The minimum absolute atomic E-state index is 0.190. The molecule has 94 valence electrons. The first-order chi connectivity index (χ1) is 8.08. The number of benzene rings is 1. The van der Waals surface area contributed by atoms with Gasteiger partial charge < -0.3 is 9.84 Å².